The van der Waals surface area contributed by atoms with Gasteiger partial charge in [0.15, 0.2) is 0 Å². The largest absolute Gasteiger partial charge is 0.492 e. The van der Waals surface area contributed by atoms with Crippen molar-refractivity contribution in [3.05, 3.63) is 48.3 Å². The molecule has 98 valence electrons. The number of nitrogens with one attached hydrogen (secondary N) is 1. The van der Waals surface area contributed by atoms with Crippen molar-refractivity contribution in [2.75, 3.05) is 11.9 Å². The Balaban J connectivity index is 2.34. The number of para-hydroxylation sites is 2. The average molecular weight is 258 g/mol. The molecule has 2 aromatic rings. The van der Waals surface area contributed by atoms with E-state index in [1.165, 1.54) is 12.4 Å². The molecule has 0 aliphatic heterocycles. The summed E-state index contributed by atoms with van der Waals surface area (Å²) in [7, 11) is 0. The number of rotatable bonds is 5. The van der Waals surface area contributed by atoms with E-state index in [-0.39, 0.29) is 5.56 Å². The Hall–Kier alpha value is -2.56. The van der Waals surface area contributed by atoms with Crippen molar-refractivity contribution in [2.45, 2.75) is 6.92 Å². The molecule has 5 nitrogen and oxygen atoms in total. The van der Waals surface area contributed by atoms with Gasteiger partial charge in [-0.2, -0.15) is 0 Å². The summed E-state index contributed by atoms with van der Waals surface area (Å²) in [5, 5.41) is 12.2. The van der Waals surface area contributed by atoms with E-state index in [4.69, 9.17) is 9.84 Å². The van der Waals surface area contributed by atoms with Crippen LogP contribution in [0.25, 0.3) is 0 Å². The second-order valence-corrected chi connectivity index (χ2v) is 3.78. The Labute approximate surface area is 110 Å². The van der Waals surface area contributed by atoms with Gasteiger partial charge in [-0.15, -0.1) is 0 Å². The zero-order valence-electron chi connectivity index (χ0n) is 10.5. The molecule has 0 atom stereocenters. The lowest BCUT2D eigenvalue weighted by atomic mass is 10.2. The van der Waals surface area contributed by atoms with Crippen LogP contribution in [0.3, 0.4) is 0 Å². The van der Waals surface area contributed by atoms with Crippen molar-refractivity contribution in [3.8, 4) is 5.75 Å². The quantitative estimate of drug-likeness (QED) is 0.862. The van der Waals surface area contributed by atoms with E-state index in [0.717, 1.165) is 5.69 Å². The van der Waals surface area contributed by atoms with Gasteiger partial charge >= 0.3 is 5.97 Å². The zero-order chi connectivity index (χ0) is 13.7. The number of pyridine rings is 1. The molecular formula is C14H14N2O3. The number of aromatic nitrogens is 1. The van der Waals surface area contributed by atoms with Gasteiger partial charge in [0.2, 0.25) is 0 Å². The Kier molecular flexibility index (Phi) is 3.97. The predicted octanol–water partition coefficient (Wildman–Crippen LogP) is 2.92. The number of hydrogen-bond acceptors (Lipinski definition) is 4. The standard InChI is InChI=1S/C14H14N2O3/c1-2-19-13-6-4-3-5-12(13)16-11-7-8-15-9-10(11)14(17)18/h3-9H,2H2,1H3,(H,15,16)(H,17,18). The molecule has 5 heteroatoms. The van der Waals surface area contributed by atoms with Crippen molar-refractivity contribution < 1.29 is 14.6 Å². The van der Waals surface area contributed by atoms with Gasteiger partial charge in [-0.1, -0.05) is 12.1 Å². The maximum absolute atomic E-state index is 11.1. The summed E-state index contributed by atoms with van der Waals surface area (Å²) >= 11 is 0. The van der Waals surface area contributed by atoms with Crippen LogP contribution in [0.15, 0.2) is 42.7 Å². The molecule has 0 bridgehead atoms. The number of nitrogens with zero attached hydrogens (tertiary/aromatic N) is 1. The molecule has 0 aliphatic rings. The summed E-state index contributed by atoms with van der Waals surface area (Å²) in [5.74, 6) is -0.345. The van der Waals surface area contributed by atoms with Crippen molar-refractivity contribution in [2.24, 2.45) is 0 Å². The van der Waals surface area contributed by atoms with Gasteiger partial charge in [-0.05, 0) is 25.1 Å². The van der Waals surface area contributed by atoms with Gasteiger partial charge in [0.25, 0.3) is 0 Å². The van der Waals surface area contributed by atoms with Crippen molar-refractivity contribution >= 4 is 17.3 Å². The topological polar surface area (TPSA) is 71.5 Å². The van der Waals surface area contributed by atoms with E-state index in [1.54, 1.807) is 6.07 Å². The maximum Gasteiger partial charge on any atom is 0.339 e. The first-order chi connectivity index (χ1) is 9.22. The van der Waals surface area contributed by atoms with Crippen LogP contribution in [0.2, 0.25) is 0 Å². The number of aromatic carboxylic acids is 1. The molecular weight excluding hydrogens is 244 g/mol. The summed E-state index contributed by atoms with van der Waals surface area (Å²) in [4.78, 5) is 14.9. The number of ether oxygens (including phenoxy) is 1. The van der Waals surface area contributed by atoms with Crippen LogP contribution in [0, 0.1) is 0 Å². The summed E-state index contributed by atoms with van der Waals surface area (Å²) in [5.41, 5.74) is 1.32. The lowest BCUT2D eigenvalue weighted by Crippen LogP contribution is -2.04. The molecule has 1 heterocycles. The SMILES string of the molecule is CCOc1ccccc1Nc1ccncc1C(=O)O. The highest BCUT2D eigenvalue weighted by Crippen LogP contribution is 2.28. The van der Waals surface area contributed by atoms with Crippen LogP contribution in [0.4, 0.5) is 11.4 Å². The van der Waals surface area contributed by atoms with Crippen LogP contribution >= 0.6 is 0 Å². The van der Waals surface area contributed by atoms with Gasteiger partial charge in [-0.25, -0.2) is 4.79 Å². The van der Waals surface area contributed by atoms with Crippen molar-refractivity contribution in [3.63, 3.8) is 0 Å². The third-order valence-corrected chi connectivity index (χ3v) is 2.51. The van der Waals surface area contributed by atoms with Crippen molar-refractivity contribution in [1.29, 1.82) is 0 Å². The Morgan fingerprint density at radius 3 is 2.84 bits per heavy atom. The molecule has 2 rings (SSSR count). The minimum Gasteiger partial charge on any atom is -0.492 e. The highest BCUT2D eigenvalue weighted by atomic mass is 16.5. The number of carbonyl (C=O) groups is 1. The van der Waals surface area contributed by atoms with E-state index >= 15 is 0 Å². The number of hydrogen-bond donors (Lipinski definition) is 2. The average Bonchev–Trinajstić information content (AvgIpc) is 2.42. The molecule has 0 saturated carbocycles. The van der Waals surface area contributed by atoms with E-state index in [0.29, 0.717) is 18.0 Å². The first-order valence-electron chi connectivity index (χ1n) is 5.88. The summed E-state index contributed by atoms with van der Waals surface area (Å²) in [6.45, 7) is 2.44. The molecule has 0 fully saturated rings. The number of benzene rings is 1. The summed E-state index contributed by atoms with van der Waals surface area (Å²) in [6, 6.07) is 8.99. The zero-order valence-corrected chi connectivity index (χ0v) is 10.5. The molecule has 0 amide bonds. The fourth-order valence-corrected chi connectivity index (χ4v) is 1.67. The maximum atomic E-state index is 11.1. The van der Waals surface area contributed by atoms with Crippen LogP contribution < -0.4 is 10.1 Å². The fraction of sp³-hybridized carbons (Fsp3) is 0.143. The third-order valence-electron chi connectivity index (χ3n) is 2.51. The fourth-order valence-electron chi connectivity index (χ4n) is 1.67. The van der Waals surface area contributed by atoms with E-state index < -0.39 is 5.97 Å². The minimum absolute atomic E-state index is 0.119. The predicted molar refractivity (Wildman–Crippen MR) is 72.1 cm³/mol. The molecule has 19 heavy (non-hydrogen) atoms. The van der Waals surface area contributed by atoms with Gasteiger partial charge in [0, 0.05) is 12.4 Å². The van der Waals surface area contributed by atoms with Gasteiger partial charge < -0.3 is 15.2 Å². The van der Waals surface area contributed by atoms with Gasteiger partial charge in [-0.3, -0.25) is 4.98 Å². The van der Waals surface area contributed by atoms with Crippen LogP contribution in [0.5, 0.6) is 5.75 Å². The lowest BCUT2D eigenvalue weighted by molar-refractivity contribution is 0.0697. The molecule has 1 aromatic carbocycles. The lowest BCUT2D eigenvalue weighted by Gasteiger charge is -2.13. The van der Waals surface area contributed by atoms with Crippen LogP contribution in [0.1, 0.15) is 17.3 Å². The molecule has 2 N–H and O–H groups in total. The number of anilines is 2. The highest BCUT2D eigenvalue weighted by molar-refractivity contribution is 5.94. The number of carboxylic acid groups (broad SMARTS) is 1. The van der Waals surface area contributed by atoms with Gasteiger partial charge in [0.1, 0.15) is 11.3 Å². The Morgan fingerprint density at radius 1 is 1.32 bits per heavy atom. The monoisotopic (exact) mass is 258 g/mol. The first-order valence-corrected chi connectivity index (χ1v) is 5.88. The molecule has 0 radical (unpaired) electrons. The minimum atomic E-state index is -1.02. The van der Waals surface area contributed by atoms with E-state index in [2.05, 4.69) is 10.3 Å². The normalized spacial score (nSPS) is 9.95. The third kappa shape index (κ3) is 3.01. The van der Waals surface area contributed by atoms with E-state index in [1.807, 2.05) is 31.2 Å². The molecule has 0 aliphatic carbocycles. The van der Waals surface area contributed by atoms with Crippen LogP contribution in [-0.2, 0) is 0 Å². The summed E-state index contributed by atoms with van der Waals surface area (Å²) in [6.07, 6.45) is 2.85. The second-order valence-electron chi connectivity index (χ2n) is 3.78. The smallest absolute Gasteiger partial charge is 0.339 e. The molecule has 0 unspecified atom stereocenters. The summed E-state index contributed by atoms with van der Waals surface area (Å²) < 4.78 is 5.48. The first kappa shape index (κ1) is 12.9. The molecule has 0 saturated heterocycles. The highest BCUT2D eigenvalue weighted by Gasteiger charge is 2.11. The molecule has 1 aromatic heterocycles. The van der Waals surface area contributed by atoms with Gasteiger partial charge in [0.05, 0.1) is 18.0 Å². The van der Waals surface area contributed by atoms with E-state index in [9.17, 15) is 4.79 Å². The Bertz CT molecular complexity index is 584. The Morgan fingerprint density at radius 2 is 2.11 bits per heavy atom. The van der Waals surface area contributed by atoms with Crippen molar-refractivity contribution in [1.82, 2.24) is 4.98 Å². The van der Waals surface area contributed by atoms with Crippen LogP contribution in [-0.4, -0.2) is 22.7 Å². The number of carboxylic acids is 1. The second kappa shape index (κ2) is 5.86. The molecule has 0 spiro atoms.